The average Bonchev–Trinajstić information content (AvgIpc) is 2.65. The van der Waals surface area contributed by atoms with Crippen LogP contribution in [0.5, 0.6) is 11.5 Å². The van der Waals surface area contributed by atoms with Gasteiger partial charge in [0.15, 0.2) is 0 Å². The van der Waals surface area contributed by atoms with Gasteiger partial charge in [-0.25, -0.2) is 0 Å². The third-order valence-electron chi connectivity index (χ3n) is 4.25. The molecule has 0 saturated carbocycles. The Labute approximate surface area is 147 Å². The SMILES string of the molecule is CCCCCCCP(c1ccc(OC)cc1)c1ccc(OC)cc1. The second-order valence-electron chi connectivity index (χ2n) is 5.96. The zero-order valence-electron chi connectivity index (χ0n) is 15.1. The molecule has 0 atom stereocenters. The van der Waals surface area contributed by atoms with Crippen molar-refractivity contribution in [3.05, 3.63) is 48.5 Å². The Morgan fingerprint density at radius 3 is 1.54 bits per heavy atom. The van der Waals surface area contributed by atoms with Crippen molar-refractivity contribution in [2.45, 2.75) is 39.0 Å². The van der Waals surface area contributed by atoms with E-state index < -0.39 is 0 Å². The van der Waals surface area contributed by atoms with E-state index in [4.69, 9.17) is 9.47 Å². The van der Waals surface area contributed by atoms with Crippen LogP contribution in [0.25, 0.3) is 0 Å². The van der Waals surface area contributed by atoms with Crippen LogP contribution >= 0.6 is 7.92 Å². The lowest BCUT2D eigenvalue weighted by molar-refractivity contribution is 0.415. The summed E-state index contributed by atoms with van der Waals surface area (Å²) in [4.78, 5) is 0. The first-order valence-corrected chi connectivity index (χ1v) is 10.4. The number of hydrogen-bond donors (Lipinski definition) is 0. The molecule has 3 heteroatoms. The minimum absolute atomic E-state index is 0.318. The van der Waals surface area contributed by atoms with Crippen molar-refractivity contribution < 1.29 is 9.47 Å². The van der Waals surface area contributed by atoms with Gasteiger partial charge in [-0.15, -0.1) is 0 Å². The highest BCUT2D eigenvalue weighted by Gasteiger charge is 2.14. The molecular formula is C21H29O2P. The molecule has 2 aromatic carbocycles. The summed E-state index contributed by atoms with van der Waals surface area (Å²) < 4.78 is 10.6. The molecule has 24 heavy (non-hydrogen) atoms. The van der Waals surface area contributed by atoms with E-state index in [1.807, 2.05) is 0 Å². The van der Waals surface area contributed by atoms with Gasteiger partial charge in [0.25, 0.3) is 0 Å². The number of methoxy groups -OCH3 is 2. The van der Waals surface area contributed by atoms with E-state index in [2.05, 4.69) is 55.5 Å². The van der Waals surface area contributed by atoms with E-state index in [1.165, 1.54) is 48.9 Å². The molecule has 2 rings (SSSR count). The van der Waals surface area contributed by atoms with Gasteiger partial charge in [0.05, 0.1) is 14.2 Å². The predicted octanol–water partition coefficient (Wildman–Crippen LogP) is 5.11. The maximum absolute atomic E-state index is 5.30. The number of ether oxygens (including phenoxy) is 2. The van der Waals surface area contributed by atoms with E-state index >= 15 is 0 Å². The molecule has 0 fully saturated rings. The Morgan fingerprint density at radius 1 is 0.667 bits per heavy atom. The molecule has 0 saturated heterocycles. The standard InChI is InChI=1S/C21H29O2P/c1-4-5-6-7-8-17-24(20-13-9-18(22-2)10-14-20)21-15-11-19(23-3)12-16-21/h9-16H,4-8,17H2,1-3H3. The van der Waals surface area contributed by atoms with Gasteiger partial charge in [-0.3, -0.25) is 0 Å². The van der Waals surface area contributed by atoms with Crippen molar-refractivity contribution >= 4 is 18.5 Å². The Bertz CT molecular complexity index is 530. The van der Waals surface area contributed by atoms with E-state index in [-0.39, 0.29) is 7.92 Å². The van der Waals surface area contributed by atoms with Crippen LogP contribution in [0.4, 0.5) is 0 Å². The normalized spacial score (nSPS) is 10.8. The van der Waals surface area contributed by atoms with Crippen LogP contribution in [-0.4, -0.2) is 20.4 Å². The van der Waals surface area contributed by atoms with Crippen LogP contribution in [0, 0.1) is 0 Å². The molecule has 0 bridgehead atoms. The molecule has 0 unspecified atom stereocenters. The Hall–Kier alpha value is -1.53. The molecule has 0 aliphatic carbocycles. The Balaban J connectivity index is 2.12. The smallest absolute Gasteiger partial charge is 0.118 e. The summed E-state index contributed by atoms with van der Waals surface area (Å²) in [5.74, 6) is 1.85. The van der Waals surface area contributed by atoms with Gasteiger partial charge in [-0.2, -0.15) is 0 Å². The third-order valence-corrected chi connectivity index (χ3v) is 6.86. The van der Waals surface area contributed by atoms with Gasteiger partial charge in [-0.05, 0) is 55.4 Å². The molecule has 0 aliphatic rings. The van der Waals surface area contributed by atoms with Gasteiger partial charge in [0.2, 0.25) is 0 Å². The minimum atomic E-state index is -0.318. The summed E-state index contributed by atoms with van der Waals surface area (Å²) >= 11 is 0. The fourth-order valence-electron chi connectivity index (χ4n) is 2.81. The van der Waals surface area contributed by atoms with Gasteiger partial charge in [0, 0.05) is 0 Å². The zero-order chi connectivity index (χ0) is 17.2. The maximum Gasteiger partial charge on any atom is 0.118 e. The van der Waals surface area contributed by atoms with Gasteiger partial charge in [-0.1, -0.05) is 56.9 Å². The quantitative estimate of drug-likeness (QED) is 0.441. The van der Waals surface area contributed by atoms with Gasteiger partial charge < -0.3 is 9.47 Å². The third kappa shape index (κ3) is 5.53. The summed E-state index contributed by atoms with van der Waals surface area (Å²) in [5.41, 5.74) is 0. The largest absolute Gasteiger partial charge is 0.497 e. The lowest BCUT2D eigenvalue weighted by atomic mass is 10.2. The summed E-state index contributed by atoms with van der Waals surface area (Å²) in [7, 11) is 3.12. The highest BCUT2D eigenvalue weighted by Crippen LogP contribution is 2.36. The lowest BCUT2D eigenvalue weighted by Gasteiger charge is -2.19. The molecule has 0 aliphatic heterocycles. The number of unbranched alkanes of at least 4 members (excludes halogenated alkanes) is 4. The zero-order valence-corrected chi connectivity index (χ0v) is 16.0. The second kappa shape index (κ2) is 10.4. The van der Waals surface area contributed by atoms with Crippen molar-refractivity contribution in [1.29, 1.82) is 0 Å². The molecule has 2 nitrogen and oxygen atoms in total. The maximum atomic E-state index is 5.30. The average molecular weight is 344 g/mol. The van der Waals surface area contributed by atoms with E-state index in [0.717, 1.165) is 11.5 Å². The molecule has 0 N–H and O–H groups in total. The highest BCUT2D eigenvalue weighted by molar-refractivity contribution is 7.73. The monoisotopic (exact) mass is 344 g/mol. The molecule has 0 aromatic heterocycles. The fourth-order valence-corrected chi connectivity index (χ4v) is 5.18. The minimum Gasteiger partial charge on any atom is -0.497 e. The van der Waals surface area contributed by atoms with Crippen LogP contribution in [0.1, 0.15) is 39.0 Å². The van der Waals surface area contributed by atoms with E-state index in [0.29, 0.717) is 0 Å². The summed E-state index contributed by atoms with van der Waals surface area (Å²) in [6.07, 6.45) is 7.88. The summed E-state index contributed by atoms with van der Waals surface area (Å²) in [6, 6.07) is 17.2. The lowest BCUT2D eigenvalue weighted by Crippen LogP contribution is -2.14. The van der Waals surface area contributed by atoms with Crippen molar-refractivity contribution in [1.82, 2.24) is 0 Å². The first-order chi connectivity index (χ1) is 11.8. The van der Waals surface area contributed by atoms with Gasteiger partial charge >= 0.3 is 0 Å². The molecular weight excluding hydrogens is 315 g/mol. The van der Waals surface area contributed by atoms with Gasteiger partial charge in [0.1, 0.15) is 11.5 Å². The van der Waals surface area contributed by atoms with E-state index in [1.54, 1.807) is 14.2 Å². The van der Waals surface area contributed by atoms with Crippen LogP contribution < -0.4 is 20.1 Å². The second-order valence-corrected chi connectivity index (χ2v) is 8.30. The highest BCUT2D eigenvalue weighted by atomic mass is 31.1. The number of hydrogen-bond acceptors (Lipinski definition) is 2. The first kappa shape index (κ1) is 18.8. The van der Waals surface area contributed by atoms with Crippen molar-refractivity contribution in [3.8, 4) is 11.5 Å². The van der Waals surface area contributed by atoms with E-state index in [9.17, 15) is 0 Å². The van der Waals surface area contributed by atoms with Crippen LogP contribution in [-0.2, 0) is 0 Å². The Morgan fingerprint density at radius 2 is 1.12 bits per heavy atom. The Kier molecular flexibility index (Phi) is 8.12. The fraction of sp³-hybridized carbons (Fsp3) is 0.429. The van der Waals surface area contributed by atoms with Crippen molar-refractivity contribution in [2.24, 2.45) is 0 Å². The molecule has 2 aromatic rings. The molecule has 0 amide bonds. The predicted molar refractivity (Wildman–Crippen MR) is 106 cm³/mol. The van der Waals surface area contributed by atoms with Crippen LogP contribution in [0.2, 0.25) is 0 Å². The van der Waals surface area contributed by atoms with Crippen LogP contribution in [0.15, 0.2) is 48.5 Å². The van der Waals surface area contributed by atoms with Crippen molar-refractivity contribution in [2.75, 3.05) is 20.4 Å². The summed E-state index contributed by atoms with van der Waals surface area (Å²) in [6.45, 7) is 2.27. The molecule has 130 valence electrons. The number of rotatable bonds is 10. The topological polar surface area (TPSA) is 18.5 Å². The van der Waals surface area contributed by atoms with Crippen molar-refractivity contribution in [3.63, 3.8) is 0 Å². The summed E-state index contributed by atoms with van der Waals surface area (Å²) in [5, 5.41) is 2.85. The number of benzene rings is 2. The molecule has 0 radical (unpaired) electrons. The molecule has 0 spiro atoms. The molecule has 0 heterocycles. The van der Waals surface area contributed by atoms with Crippen LogP contribution in [0.3, 0.4) is 0 Å². The first-order valence-electron chi connectivity index (χ1n) is 8.84.